The molecule has 106 valence electrons. The van der Waals surface area contributed by atoms with Crippen LogP contribution >= 0.6 is 0 Å². The quantitative estimate of drug-likeness (QED) is 0.857. The molecule has 0 saturated heterocycles. The molecule has 20 heavy (non-hydrogen) atoms. The third-order valence-electron chi connectivity index (χ3n) is 2.82. The molecule has 0 amide bonds. The third kappa shape index (κ3) is 3.44. The molecule has 0 atom stereocenters. The van der Waals surface area contributed by atoms with Crippen molar-refractivity contribution in [2.75, 3.05) is 5.73 Å². The number of hydrogen-bond donors (Lipinski definition) is 1. The highest BCUT2D eigenvalue weighted by atomic mass is 19.4. The lowest BCUT2D eigenvalue weighted by Crippen LogP contribution is -2.11. The number of ether oxygens (including phenoxy) is 1. The van der Waals surface area contributed by atoms with Crippen LogP contribution in [0.25, 0.3) is 0 Å². The summed E-state index contributed by atoms with van der Waals surface area (Å²) in [5.74, 6) is 0.537. The van der Waals surface area contributed by atoms with Gasteiger partial charge in [0, 0.05) is 11.3 Å². The first-order valence-corrected chi connectivity index (χ1v) is 6.01. The molecule has 0 spiro atoms. The van der Waals surface area contributed by atoms with Crippen LogP contribution in [0.2, 0.25) is 0 Å². The smallest absolute Gasteiger partial charge is 0.416 e. The van der Waals surface area contributed by atoms with E-state index >= 15 is 0 Å². The summed E-state index contributed by atoms with van der Waals surface area (Å²) >= 11 is 0. The molecule has 0 aromatic heterocycles. The van der Waals surface area contributed by atoms with Crippen molar-refractivity contribution in [3.8, 4) is 5.75 Å². The summed E-state index contributed by atoms with van der Waals surface area (Å²) in [4.78, 5) is 0. The fourth-order valence-electron chi connectivity index (χ4n) is 1.85. The molecule has 0 saturated carbocycles. The van der Waals surface area contributed by atoms with Crippen LogP contribution in [0, 0.1) is 6.92 Å². The second-order valence-corrected chi connectivity index (χ2v) is 4.52. The van der Waals surface area contributed by atoms with Crippen molar-refractivity contribution in [2.45, 2.75) is 19.7 Å². The molecule has 0 aliphatic rings. The molecule has 0 fully saturated rings. The van der Waals surface area contributed by atoms with Crippen LogP contribution in [0.3, 0.4) is 0 Å². The number of rotatable bonds is 3. The minimum atomic E-state index is -4.44. The van der Waals surface area contributed by atoms with E-state index in [9.17, 15) is 13.2 Å². The summed E-state index contributed by atoms with van der Waals surface area (Å²) < 4.78 is 44.1. The Morgan fingerprint density at radius 1 is 1.10 bits per heavy atom. The topological polar surface area (TPSA) is 35.2 Å². The predicted molar refractivity (Wildman–Crippen MR) is 71.4 cm³/mol. The Morgan fingerprint density at radius 3 is 2.50 bits per heavy atom. The summed E-state index contributed by atoms with van der Waals surface area (Å²) in [6, 6.07) is 10.9. The fourth-order valence-corrected chi connectivity index (χ4v) is 1.85. The van der Waals surface area contributed by atoms with Crippen LogP contribution in [0.5, 0.6) is 5.75 Å². The number of aryl methyl sites for hydroxylation is 1. The number of anilines is 1. The first-order valence-electron chi connectivity index (χ1n) is 6.01. The van der Waals surface area contributed by atoms with Crippen LogP contribution in [0.15, 0.2) is 42.5 Å². The van der Waals surface area contributed by atoms with E-state index < -0.39 is 11.7 Å². The van der Waals surface area contributed by atoms with Crippen molar-refractivity contribution < 1.29 is 17.9 Å². The Morgan fingerprint density at radius 2 is 1.85 bits per heavy atom. The molecule has 2 nitrogen and oxygen atoms in total. The van der Waals surface area contributed by atoms with Gasteiger partial charge in [0.15, 0.2) is 0 Å². The van der Waals surface area contributed by atoms with Crippen LogP contribution in [0.4, 0.5) is 18.9 Å². The Hall–Kier alpha value is -2.17. The zero-order valence-corrected chi connectivity index (χ0v) is 10.9. The second kappa shape index (κ2) is 5.45. The third-order valence-corrected chi connectivity index (χ3v) is 2.82. The predicted octanol–water partition coefficient (Wildman–Crippen LogP) is 4.18. The van der Waals surface area contributed by atoms with Gasteiger partial charge in [-0.3, -0.25) is 0 Å². The molecule has 2 N–H and O–H groups in total. The number of nitrogen functional groups attached to an aromatic ring is 1. The maximum Gasteiger partial charge on any atom is 0.416 e. The molecule has 0 bridgehead atoms. The van der Waals surface area contributed by atoms with E-state index in [1.54, 1.807) is 18.2 Å². The van der Waals surface area contributed by atoms with Gasteiger partial charge >= 0.3 is 6.18 Å². The highest BCUT2D eigenvalue weighted by molar-refractivity contribution is 5.46. The van der Waals surface area contributed by atoms with Gasteiger partial charge in [-0.05, 0) is 36.8 Å². The molecule has 2 rings (SSSR count). The van der Waals surface area contributed by atoms with E-state index in [0.717, 1.165) is 11.6 Å². The van der Waals surface area contributed by atoms with E-state index in [0.29, 0.717) is 5.75 Å². The Balaban J connectivity index is 2.21. The molecule has 5 heteroatoms. The highest BCUT2D eigenvalue weighted by Gasteiger charge is 2.33. The van der Waals surface area contributed by atoms with Gasteiger partial charge in [-0.2, -0.15) is 13.2 Å². The van der Waals surface area contributed by atoms with Crippen molar-refractivity contribution in [2.24, 2.45) is 0 Å². The van der Waals surface area contributed by atoms with E-state index in [1.165, 1.54) is 12.1 Å². The Kier molecular flexibility index (Phi) is 3.88. The largest absolute Gasteiger partial charge is 0.489 e. The first-order chi connectivity index (χ1) is 9.36. The van der Waals surface area contributed by atoms with Gasteiger partial charge in [-0.1, -0.05) is 18.2 Å². The van der Waals surface area contributed by atoms with E-state index in [4.69, 9.17) is 10.5 Å². The van der Waals surface area contributed by atoms with Gasteiger partial charge < -0.3 is 10.5 Å². The van der Waals surface area contributed by atoms with Gasteiger partial charge in [0.25, 0.3) is 0 Å². The molecule has 2 aromatic rings. The molecule has 0 aliphatic heterocycles. The van der Waals surface area contributed by atoms with Gasteiger partial charge in [-0.15, -0.1) is 0 Å². The zero-order chi connectivity index (χ0) is 14.8. The van der Waals surface area contributed by atoms with Crippen molar-refractivity contribution in [1.29, 1.82) is 0 Å². The standard InChI is InChI=1S/C15H14F3NO/c1-10-3-2-4-13(7-10)20-9-11-5-6-12(19)8-14(11)15(16,17)18/h2-8H,9,19H2,1H3. The second-order valence-electron chi connectivity index (χ2n) is 4.52. The maximum absolute atomic E-state index is 12.9. The molecule has 2 aromatic carbocycles. The number of benzene rings is 2. The minimum absolute atomic E-state index is 0.0632. The fraction of sp³-hybridized carbons (Fsp3) is 0.200. The SMILES string of the molecule is Cc1cccc(OCc2ccc(N)cc2C(F)(F)F)c1. The Bertz CT molecular complexity index is 608. The monoisotopic (exact) mass is 281 g/mol. The average molecular weight is 281 g/mol. The number of halogens is 3. The van der Waals surface area contributed by atoms with Crippen molar-refractivity contribution in [3.05, 3.63) is 59.2 Å². The molecule has 0 radical (unpaired) electrons. The van der Waals surface area contributed by atoms with Crippen molar-refractivity contribution in [1.82, 2.24) is 0 Å². The number of alkyl halides is 3. The van der Waals surface area contributed by atoms with Crippen LogP contribution in [-0.2, 0) is 12.8 Å². The molecular weight excluding hydrogens is 267 g/mol. The molecule has 0 unspecified atom stereocenters. The minimum Gasteiger partial charge on any atom is -0.489 e. The Labute approximate surface area is 115 Å². The van der Waals surface area contributed by atoms with Crippen LogP contribution < -0.4 is 10.5 Å². The summed E-state index contributed by atoms with van der Waals surface area (Å²) in [6.45, 7) is 1.73. The van der Waals surface area contributed by atoms with E-state index in [2.05, 4.69) is 0 Å². The lowest BCUT2D eigenvalue weighted by Gasteiger charge is -2.14. The van der Waals surface area contributed by atoms with Crippen LogP contribution in [0.1, 0.15) is 16.7 Å². The average Bonchev–Trinajstić information content (AvgIpc) is 2.36. The molecular formula is C15H14F3NO. The summed E-state index contributed by atoms with van der Waals surface area (Å²) in [7, 11) is 0. The number of nitrogens with two attached hydrogens (primary N) is 1. The summed E-state index contributed by atoms with van der Waals surface area (Å²) in [6.07, 6.45) is -4.44. The lowest BCUT2D eigenvalue weighted by molar-refractivity contribution is -0.138. The first kappa shape index (κ1) is 14.2. The van der Waals surface area contributed by atoms with Gasteiger partial charge in [0.05, 0.1) is 5.56 Å². The van der Waals surface area contributed by atoms with Gasteiger partial charge in [0.2, 0.25) is 0 Å². The van der Waals surface area contributed by atoms with E-state index in [-0.39, 0.29) is 17.9 Å². The van der Waals surface area contributed by atoms with Crippen LogP contribution in [-0.4, -0.2) is 0 Å². The summed E-state index contributed by atoms with van der Waals surface area (Å²) in [5.41, 5.74) is 5.78. The van der Waals surface area contributed by atoms with Gasteiger partial charge in [0.1, 0.15) is 12.4 Å². The highest BCUT2D eigenvalue weighted by Crippen LogP contribution is 2.33. The van der Waals surface area contributed by atoms with Gasteiger partial charge in [-0.25, -0.2) is 0 Å². The summed E-state index contributed by atoms with van der Waals surface area (Å²) in [5, 5.41) is 0. The normalized spacial score (nSPS) is 11.4. The van der Waals surface area contributed by atoms with Crippen molar-refractivity contribution in [3.63, 3.8) is 0 Å². The molecule has 0 heterocycles. The van der Waals surface area contributed by atoms with E-state index in [1.807, 2.05) is 13.0 Å². The zero-order valence-electron chi connectivity index (χ0n) is 10.9. The lowest BCUT2D eigenvalue weighted by atomic mass is 10.1. The maximum atomic E-state index is 12.9. The molecule has 0 aliphatic carbocycles. The number of hydrogen-bond acceptors (Lipinski definition) is 2. The van der Waals surface area contributed by atoms with Crippen molar-refractivity contribution >= 4 is 5.69 Å².